The number of carbonyl (C=O) groups excluding carboxylic acids is 2. The summed E-state index contributed by atoms with van der Waals surface area (Å²) in [4.78, 5) is 24.5. The molecular weight excluding hydrogens is 273 g/mol. The van der Waals surface area contributed by atoms with Crippen molar-refractivity contribution in [2.45, 2.75) is 31.9 Å². The van der Waals surface area contributed by atoms with E-state index in [1.54, 1.807) is 18.2 Å². The summed E-state index contributed by atoms with van der Waals surface area (Å²) in [5.41, 5.74) is 5.61. The van der Waals surface area contributed by atoms with E-state index in [2.05, 4.69) is 5.32 Å². The van der Waals surface area contributed by atoms with Crippen LogP contribution in [0.5, 0.6) is 0 Å². The molecule has 2 unspecified atom stereocenters. The second-order valence-corrected chi connectivity index (χ2v) is 4.67. The van der Waals surface area contributed by atoms with Crippen molar-refractivity contribution in [3.63, 3.8) is 0 Å². The summed E-state index contributed by atoms with van der Waals surface area (Å²) in [5, 5.41) is 2.41. The monoisotopic (exact) mass is 295 g/mol. The molecule has 7 heteroatoms. The van der Waals surface area contributed by atoms with Crippen LogP contribution in [0.3, 0.4) is 0 Å². The predicted octanol–water partition coefficient (Wildman–Crippen LogP) is -3.75. The zero-order valence-electron chi connectivity index (χ0n) is 12.0. The van der Waals surface area contributed by atoms with Crippen LogP contribution < -0.4 is 62.4 Å². The molecule has 0 aliphatic carbocycles. The first-order chi connectivity index (χ1) is 8.63. The molecule has 104 valence electrons. The molecule has 2 atom stereocenters. The minimum absolute atomic E-state index is 0. The maximum absolute atomic E-state index is 12.3. The normalized spacial score (nSPS) is 19.2. The van der Waals surface area contributed by atoms with E-state index in [1.807, 2.05) is 0 Å². The van der Waals surface area contributed by atoms with Gasteiger partial charge in [0.15, 0.2) is 0 Å². The number of rotatable bonds is 6. The van der Waals surface area contributed by atoms with Crippen LogP contribution in [0.15, 0.2) is 0 Å². The Bertz CT molecular complexity index is 283. The van der Waals surface area contributed by atoms with Crippen molar-refractivity contribution in [3.8, 4) is 0 Å². The van der Waals surface area contributed by atoms with Gasteiger partial charge in [-0.1, -0.05) is 0 Å². The molecule has 1 aliphatic rings. The first-order valence-corrected chi connectivity index (χ1v) is 6.28. The number of amides is 2. The predicted molar refractivity (Wildman–Crippen MR) is 67.4 cm³/mol. The Balaban J connectivity index is 0.00000324. The molecule has 19 heavy (non-hydrogen) atoms. The second-order valence-electron chi connectivity index (χ2n) is 4.67. The van der Waals surface area contributed by atoms with Gasteiger partial charge in [-0.15, -0.1) is 0 Å². The van der Waals surface area contributed by atoms with Crippen molar-refractivity contribution in [2.75, 3.05) is 26.7 Å². The van der Waals surface area contributed by atoms with Crippen molar-refractivity contribution in [1.82, 2.24) is 10.2 Å². The van der Waals surface area contributed by atoms with Gasteiger partial charge in [0, 0.05) is 20.2 Å². The van der Waals surface area contributed by atoms with Gasteiger partial charge in [-0.2, -0.15) is 6.41 Å². The number of methoxy groups -OCH3 is 1. The molecular formula is C12H22KN3O3. The Morgan fingerprint density at radius 1 is 1.53 bits per heavy atom. The fraction of sp³-hybridized carbons (Fsp3) is 0.833. The van der Waals surface area contributed by atoms with Gasteiger partial charge in [-0.3, -0.25) is 4.79 Å². The molecule has 1 rings (SSSR count). The van der Waals surface area contributed by atoms with E-state index >= 15 is 0 Å². The average Bonchev–Trinajstić information content (AvgIpc) is 2.43. The van der Waals surface area contributed by atoms with Gasteiger partial charge in [0.2, 0.25) is 5.91 Å². The van der Waals surface area contributed by atoms with Crippen LogP contribution in [0, 0.1) is 5.92 Å². The summed E-state index contributed by atoms with van der Waals surface area (Å²) < 4.78 is 5.11. The molecule has 1 saturated heterocycles. The van der Waals surface area contributed by atoms with E-state index in [-0.39, 0.29) is 63.4 Å². The smallest absolute Gasteiger partial charge is 0.520 e. The molecule has 1 aliphatic heterocycles. The third-order valence-corrected chi connectivity index (χ3v) is 3.58. The van der Waals surface area contributed by atoms with Gasteiger partial charge in [0.05, 0.1) is 6.10 Å². The van der Waals surface area contributed by atoms with Gasteiger partial charge in [0.1, 0.15) is 6.04 Å². The molecule has 0 bridgehead atoms. The number of nitrogens with two attached hydrogens (primary N) is 1. The fourth-order valence-electron chi connectivity index (χ4n) is 2.17. The Hall–Kier alpha value is 0.496. The van der Waals surface area contributed by atoms with Crippen LogP contribution >= 0.6 is 0 Å². The second kappa shape index (κ2) is 10.3. The van der Waals surface area contributed by atoms with Gasteiger partial charge in [-0.05, 0) is 32.2 Å². The van der Waals surface area contributed by atoms with Crippen LogP contribution in [0.1, 0.15) is 19.8 Å². The van der Waals surface area contributed by atoms with E-state index < -0.39 is 6.04 Å². The van der Waals surface area contributed by atoms with Crippen LogP contribution in [-0.4, -0.2) is 56.1 Å². The van der Waals surface area contributed by atoms with E-state index in [1.165, 1.54) is 7.11 Å². The molecule has 0 radical (unpaired) electrons. The zero-order valence-corrected chi connectivity index (χ0v) is 15.1. The van der Waals surface area contributed by atoms with Crippen LogP contribution in [-0.2, 0) is 14.3 Å². The van der Waals surface area contributed by atoms with E-state index in [9.17, 15) is 9.59 Å². The minimum Gasteiger partial charge on any atom is -0.520 e. The number of nitrogens with zero attached hydrogens (tertiary/aromatic N) is 1. The quantitative estimate of drug-likeness (QED) is 0.299. The molecule has 6 nitrogen and oxygen atoms in total. The van der Waals surface area contributed by atoms with Crippen molar-refractivity contribution in [1.29, 1.82) is 0 Å². The summed E-state index contributed by atoms with van der Waals surface area (Å²) in [6.07, 6.45) is 3.04. The van der Waals surface area contributed by atoms with E-state index in [0.29, 0.717) is 25.6 Å². The molecule has 0 aromatic carbocycles. The summed E-state index contributed by atoms with van der Waals surface area (Å²) in [6.45, 7) is 3.79. The van der Waals surface area contributed by atoms with E-state index in [0.717, 1.165) is 12.8 Å². The third kappa shape index (κ3) is 5.79. The molecule has 1 fully saturated rings. The molecule has 3 N–H and O–H groups in total. The van der Waals surface area contributed by atoms with Crippen LogP contribution in [0.25, 0.3) is 0 Å². The van der Waals surface area contributed by atoms with Gasteiger partial charge in [-0.25, -0.2) is 0 Å². The van der Waals surface area contributed by atoms with Crippen molar-refractivity contribution in [3.05, 3.63) is 0 Å². The third-order valence-electron chi connectivity index (χ3n) is 3.58. The summed E-state index contributed by atoms with van der Waals surface area (Å²) >= 11 is 0. The largest absolute Gasteiger partial charge is 1.00 e. The average molecular weight is 295 g/mol. The van der Waals surface area contributed by atoms with Crippen LogP contribution in [0.2, 0.25) is 0 Å². The summed E-state index contributed by atoms with van der Waals surface area (Å²) in [5.74, 6) is 0.390. The Morgan fingerprint density at radius 2 is 2.11 bits per heavy atom. The van der Waals surface area contributed by atoms with E-state index in [4.69, 9.17) is 10.5 Å². The summed E-state index contributed by atoms with van der Waals surface area (Å²) in [7, 11) is 1.51. The maximum Gasteiger partial charge on any atom is 1.00 e. The van der Waals surface area contributed by atoms with Crippen LogP contribution in [0.4, 0.5) is 0 Å². The van der Waals surface area contributed by atoms with Gasteiger partial charge >= 0.3 is 51.4 Å². The van der Waals surface area contributed by atoms with Crippen molar-refractivity contribution >= 4 is 12.3 Å². The number of likely N-dealkylation sites (tertiary alicyclic amines) is 1. The zero-order chi connectivity index (χ0) is 13.5. The minimum atomic E-state index is -0.665. The SMILES string of the molecule is COC(C)C(N[C-]=O)C(=O)N1CCC(CN)CC1.[K+]. The van der Waals surface area contributed by atoms with Crippen molar-refractivity contribution < 1.29 is 65.7 Å². The van der Waals surface area contributed by atoms with Crippen molar-refractivity contribution in [2.24, 2.45) is 11.7 Å². The fourth-order valence-corrected chi connectivity index (χ4v) is 2.17. The first kappa shape index (κ1) is 19.5. The number of carbonyl (C=O) groups is 1. The number of ether oxygens (including phenoxy) is 1. The standard InChI is InChI=1S/C12H22N3O3.K/c1-9(18-2)11(14-8-16)12(17)15-5-3-10(7-13)4-6-15;/h9-11H,3-7,13H2,1-2H3,(H,14,16);/q-1;+1. The topological polar surface area (TPSA) is 84.7 Å². The first-order valence-electron chi connectivity index (χ1n) is 6.28. The molecule has 1 heterocycles. The Kier molecular flexibility index (Phi) is 10.5. The number of nitrogens with one attached hydrogen (secondary N) is 1. The molecule has 0 spiro atoms. The maximum atomic E-state index is 12.3. The number of hydrogen-bond donors (Lipinski definition) is 2. The Labute approximate surface area is 157 Å². The summed E-state index contributed by atoms with van der Waals surface area (Å²) in [6, 6.07) is -0.665. The molecule has 0 aromatic heterocycles. The number of hydrogen-bond acceptors (Lipinski definition) is 4. The Morgan fingerprint density at radius 3 is 2.53 bits per heavy atom. The van der Waals surface area contributed by atoms with Gasteiger partial charge < -0.3 is 25.5 Å². The molecule has 0 saturated carbocycles. The molecule has 2 amide bonds. The number of piperidine rings is 1. The van der Waals surface area contributed by atoms with Gasteiger partial charge in [0.25, 0.3) is 0 Å². The molecule has 0 aromatic rings.